The highest BCUT2D eigenvalue weighted by atomic mass is 79.9. The van der Waals surface area contributed by atoms with Crippen LogP contribution in [-0.4, -0.2) is 5.91 Å². The van der Waals surface area contributed by atoms with Gasteiger partial charge in [0.15, 0.2) is 0 Å². The first-order valence-corrected chi connectivity index (χ1v) is 9.30. The number of hydrogen-bond donors (Lipinski definition) is 1. The van der Waals surface area contributed by atoms with Crippen molar-refractivity contribution in [2.45, 2.75) is 6.42 Å². The van der Waals surface area contributed by atoms with Crippen molar-refractivity contribution < 1.29 is 4.79 Å². The van der Waals surface area contributed by atoms with Gasteiger partial charge in [-0.05, 0) is 57.4 Å². The van der Waals surface area contributed by atoms with Gasteiger partial charge in [0.05, 0.1) is 6.42 Å². The van der Waals surface area contributed by atoms with E-state index >= 15 is 0 Å². The van der Waals surface area contributed by atoms with Crippen LogP contribution in [0.25, 0.3) is 20.9 Å². The molecule has 4 rings (SSSR count). The van der Waals surface area contributed by atoms with Crippen LogP contribution in [0.4, 0.5) is 5.69 Å². The van der Waals surface area contributed by atoms with Gasteiger partial charge in [0.2, 0.25) is 5.91 Å². The molecule has 4 heteroatoms. The van der Waals surface area contributed by atoms with Crippen molar-refractivity contribution in [3.8, 4) is 0 Å². The molecule has 0 fully saturated rings. The number of halogens is 1. The van der Waals surface area contributed by atoms with E-state index < -0.39 is 0 Å². The predicted molar refractivity (Wildman–Crippen MR) is 106 cm³/mol. The Balaban J connectivity index is 1.55. The van der Waals surface area contributed by atoms with Gasteiger partial charge in [0.25, 0.3) is 0 Å². The fraction of sp³-hybridized carbons (Fsp3) is 0.0500. The number of carbonyl (C=O) groups is 1. The van der Waals surface area contributed by atoms with Gasteiger partial charge >= 0.3 is 0 Å². The van der Waals surface area contributed by atoms with Gasteiger partial charge in [-0.2, -0.15) is 0 Å². The third kappa shape index (κ3) is 3.07. The van der Waals surface area contributed by atoms with Gasteiger partial charge in [-0.1, -0.05) is 46.3 Å². The number of anilines is 1. The Morgan fingerprint density at radius 1 is 1.00 bits per heavy atom. The van der Waals surface area contributed by atoms with Crippen molar-refractivity contribution in [3.63, 3.8) is 0 Å². The molecule has 1 amide bonds. The standard InChI is InChI=1S/C20H14BrNOS/c21-16-6-8-19-18(11-16)15(12-24-19)10-20(23)22-17-7-5-13-3-1-2-4-14(13)9-17/h1-9,11-12H,10H2,(H,22,23). The van der Waals surface area contributed by atoms with Crippen LogP contribution in [-0.2, 0) is 11.2 Å². The lowest BCUT2D eigenvalue weighted by Crippen LogP contribution is -2.14. The number of fused-ring (bicyclic) bond motifs is 2. The van der Waals surface area contributed by atoms with E-state index in [1.54, 1.807) is 11.3 Å². The van der Waals surface area contributed by atoms with Crippen molar-refractivity contribution in [1.29, 1.82) is 0 Å². The summed E-state index contributed by atoms with van der Waals surface area (Å²) in [6, 6.07) is 20.3. The number of nitrogens with one attached hydrogen (secondary N) is 1. The molecule has 0 saturated heterocycles. The van der Waals surface area contributed by atoms with Crippen molar-refractivity contribution in [1.82, 2.24) is 0 Å². The van der Waals surface area contributed by atoms with Crippen LogP contribution in [0, 0.1) is 0 Å². The average Bonchev–Trinajstić information content (AvgIpc) is 2.97. The smallest absolute Gasteiger partial charge is 0.228 e. The van der Waals surface area contributed by atoms with Gasteiger partial charge in [0, 0.05) is 14.9 Å². The molecule has 0 bridgehead atoms. The van der Waals surface area contributed by atoms with Crippen LogP contribution in [0.3, 0.4) is 0 Å². The molecule has 0 aliphatic heterocycles. The molecule has 1 heterocycles. The number of hydrogen-bond acceptors (Lipinski definition) is 2. The lowest BCUT2D eigenvalue weighted by atomic mass is 10.1. The van der Waals surface area contributed by atoms with Crippen LogP contribution >= 0.6 is 27.3 Å². The summed E-state index contributed by atoms with van der Waals surface area (Å²) in [6.07, 6.45) is 0.378. The zero-order valence-corrected chi connectivity index (χ0v) is 15.2. The first-order valence-electron chi connectivity index (χ1n) is 7.63. The molecule has 0 aliphatic rings. The quantitative estimate of drug-likeness (QED) is 0.452. The van der Waals surface area contributed by atoms with Crippen LogP contribution < -0.4 is 5.32 Å². The summed E-state index contributed by atoms with van der Waals surface area (Å²) < 4.78 is 2.23. The van der Waals surface area contributed by atoms with Gasteiger partial charge in [-0.25, -0.2) is 0 Å². The molecule has 4 aromatic rings. The first kappa shape index (κ1) is 15.4. The van der Waals surface area contributed by atoms with Crippen LogP contribution in [0.15, 0.2) is 70.5 Å². The third-order valence-corrected chi connectivity index (χ3v) is 5.51. The molecule has 118 valence electrons. The Hall–Kier alpha value is -2.17. The van der Waals surface area contributed by atoms with Gasteiger partial charge in [-0.15, -0.1) is 11.3 Å². The van der Waals surface area contributed by atoms with Crippen LogP contribution in [0.5, 0.6) is 0 Å². The molecular formula is C20H14BrNOS. The monoisotopic (exact) mass is 395 g/mol. The normalized spacial score (nSPS) is 11.0. The number of benzene rings is 3. The Bertz CT molecular complexity index is 1050. The number of amides is 1. The molecule has 0 unspecified atom stereocenters. The largest absolute Gasteiger partial charge is 0.326 e. The maximum absolute atomic E-state index is 12.4. The molecular weight excluding hydrogens is 382 g/mol. The summed E-state index contributed by atoms with van der Waals surface area (Å²) in [5.41, 5.74) is 1.90. The number of carbonyl (C=O) groups excluding carboxylic acids is 1. The lowest BCUT2D eigenvalue weighted by Gasteiger charge is -2.06. The maximum atomic E-state index is 12.4. The van der Waals surface area contributed by atoms with Gasteiger partial charge in [-0.3, -0.25) is 4.79 Å². The zero-order valence-electron chi connectivity index (χ0n) is 12.8. The minimum absolute atomic E-state index is 0.00459. The Labute approximate surface area is 152 Å². The molecule has 0 radical (unpaired) electrons. The van der Waals surface area contributed by atoms with E-state index in [0.717, 1.165) is 26.5 Å². The van der Waals surface area contributed by atoms with Crippen molar-refractivity contribution >= 4 is 59.7 Å². The molecule has 0 atom stereocenters. The fourth-order valence-electron chi connectivity index (χ4n) is 2.84. The average molecular weight is 396 g/mol. The Morgan fingerprint density at radius 3 is 2.71 bits per heavy atom. The van der Waals surface area contributed by atoms with E-state index in [-0.39, 0.29) is 5.91 Å². The second kappa shape index (κ2) is 6.38. The van der Waals surface area contributed by atoms with Crippen molar-refractivity contribution in [2.75, 3.05) is 5.32 Å². The van der Waals surface area contributed by atoms with E-state index in [4.69, 9.17) is 0 Å². The van der Waals surface area contributed by atoms with Crippen molar-refractivity contribution in [2.24, 2.45) is 0 Å². The second-order valence-corrected chi connectivity index (χ2v) is 7.52. The summed E-state index contributed by atoms with van der Waals surface area (Å²) in [4.78, 5) is 12.4. The number of thiophene rings is 1. The maximum Gasteiger partial charge on any atom is 0.228 e. The molecule has 2 nitrogen and oxygen atoms in total. The predicted octanol–water partition coefficient (Wildman–Crippen LogP) is 6.00. The van der Waals surface area contributed by atoms with Gasteiger partial charge < -0.3 is 5.32 Å². The van der Waals surface area contributed by atoms with E-state index in [9.17, 15) is 4.79 Å². The van der Waals surface area contributed by atoms with E-state index in [2.05, 4.69) is 50.9 Å². The highest BCUT2D eigenvalue weighted by Gasteiger charge is 2.10. The zero-order chi connectivity index (χ0) is 16.5. The summed E-state index contributed by atoms with van der Waals surface area (Å²) in [7, 11) is 0. The second-order valence-electron chi connectivity index (χ2n) is 5.69. The van der Waals surface area contributed by atoms with E-state index in [1.165, 1.54) is 10.1 Å². The third-order valence-electron chi connectivity index (χ3n) is 4.00. The minimum atomic E-state index is 0.00459. The Kier molecular flexibility index (Phi) is 4.08. The summed E-state index contributed by atoms with van der Waals surface area (Å²) >= 11 is 5.17. The molecule has 3 aromatic carbocycles. The minimum Gasteiger partial charge on any atom is -0.326 e. The number of rotatable bonds is 3. The van der Waals surface area contributed by atoms with Crippen molar-refractivity contribution in [3.05, 3.63) is 76.1 Å². The van der Waals surface area contributed by atoms with Gasteiger partial charge in [0.1, 0.15) is 0 Å². The molecule has 0 aliphatic carbocycles. The Morgan fingerprint density at radius 2 is 1.83 bits per heavy atom. The summed E-state index contributed by atoms with van der Waals surface area (Å²) in [6.45, 7) is 0. The highest BCUT2D eigenvalue weighted by molar-refractivity contribution is 9.10. The molecule has 24 heavy (non-hydrogen) atoms. The molecule has 0 spiro atoms. The topological polar surface area (TPSA) is 29.1 Å². The SMILES string of the molecule is O=C(Cc1csc2ccc(Br)cc12)Nc1ccc2ccccc2c1. The summed E-state index contributed by atoms with van der Waals surface area (Å²) in [5, 5.41) is 8.51. The van der Waals surface area contributed by atoms with E-state index in [1.807, 2.05) is 36.4 Å². The first-order chi connectivity index (χ1) is 11.7. The fourth-order valence-corrected chi connectivity index (χ4v) is 4.14. The summed E-state index contributed by atoms with van der Waals surface area (Å²) in [5.74, 6) is 0.00459. The highest BCUT2D eigenvalue weighted by Crippen LogP contribution is 2.29. The van der Waals surface area contributed by atoms with E-state index in [0.29, 0.717) is 6.42 Å². The van der Waals surface area contributed by atoms with Crippen LogP contribution in [0.1, 0.15) is 5.56 Å². The molecule has 0 saturated carbocycles. The van der Waals surface area contributed by atoms with Crippen LogP contribution in [0.2, 0.25) is 0 Å². The molecule has 1 aromatic heterocycles. The molecule has 1 N–H and O–H groups in total. The lowest BCUT2D eigenvalue weighted by molar-refractivity contribution is -0.115.